The van der Waals surface area contributed by atoms with Crippen LogP contribution in [0.25, 0.3) is 11.3 Å². The highest BCUT2D eigenvalue weighted by atomic mass is 19.4. The molecule has 1 atom stereocenters. The van der Waals surface area contributed by atoms with E-state index in [0.29, 0.717) is 24.3 Å². The first kappa shape index (κ1) is 28.8. The molecule has 37 heavy (non-hydrogen) atoms. The number of aromatic nitrogens is 3. The molecule has 2 N–H and O–H groups in total. The highest BCUT2D eigenvalue weighted by molar-refractivity contribution is 5.95. The van der Waals surface area contributed by atoms with Gasteiger partial charge in [0.15, 0.2) is 5.69 Å². The van der Waals surface area contributed by atoms with Gasteiger partial charge in [-0.2, -0.15) is 27.1 Å². The van der Waals surface area contributed by atoms with Gasteiger partial charge < -0.3 is 15.2 Å². The van der Waals surface area contributed by atoms with Crippen molar-refractivity contribution in [3.05, 3.63) is 29.2 Å². The zero-order valence-electron chi connectivity index (χ0n) is 21.3. The van der Waals surface area contributed by atoms with E-state index in [-0.39, 0.29) is 41.5 Å². The second kappa shape index (κ2) is 11.3. The molecule has 2 heterocycles. The summed E-state index contributed by atoms with van der Waals surface area (Å²) >= 11 is 0. The average molecular weight is 533 g/mol. The number of rotatable bonds is 9. The van der Waals surface area contributed by atoms with E-state index in [1.165, 1.54) is 10.9 Å². The Morgan fingerprint density at radius 2 is 1.97 bits per heavy atom. The molecule has 0 saturated heterocycles. The normalized spacial score (nSPS) is 21.2. The van der Waals surface area contributed by atoms with Gasteiger partial charge in [-0.05, 0) is 45.4 Å². The summed E-state index contributed by atoms with van der Waals surface area (Å²) in [6.45, 7) is 3.52. The van der Waals surface area contributed by atoms with Crippen LogP contribution < -0.4 is 10.1 Å². The SMILES string of the molecule is CCn1nc(C(=O)NCC2(O)CCC(C)CC2)c(C)c1-c1cnc(C[C@@H](C)C(F)(F)F)cc1OC(F)F. The van der Waals surface area contributed by atoms with Gasteiger partial charge >= 0.3 is 12.8 Å². The molecule has 0 aliphatic heterocycles. The largest absolute Gasteiger partial charge is 0.434 e. The highest BCUT2D eigenvalue weighted by Gasteiger charge is 2.36. The van der Waals surface area contributed by atoms with E-state index in [4.69, 9.17) is 0 Å². The molecule has 3 rings (SSSR count). The molecule has 0 bridgehead atoms. The first-order valence-electron chi connectivity index (χ1n) is 12.3. The molecule has 0 aromatic carbocycles. The number of hydrogen-bond acceptors (Lipinski definition) is 5. The minimum absolute atomic E-state index is 0.0439. The second-order valence-corrected chi connectivity index (χ2v) is 9.92. The fourth-order valence-electron chi connectivity index (χ4n) is 4.53. The molecule has 1 amide bonds. The maximum absolute atomic E-state index is 13.2. The number of halogens is 5. The van der Waals surface area contributed by atoms with E-state index >= 15 is 0 Å². The third kappa shape index (κ3) is 6.97. The van der Waals surface area contributed by atoms with E-state index in [9.17, 15) is 31.9 Å². The van der Waals surface area contributed by atoms with E-state index in [0.717, 1.165) is 25.8 Å². The number of nitrogens with zero attached hydrogens (tertiary/aromatic N) is 3. The Morgan fingerprint density at radius 1 is 1.32 bits per heavy atom. The van der Waals surface area contributed by atoms with Gasteiger partial charge in [0.2, 0.25) is 0 Å². The summed E-state index contributed by atoms with van der Waals surface area (Å²) in [5, 5.41) is 17.9. The van der Waals surface area contributed by atoms with Crippen LogP contribution >= 0.6 is 0 Å². The Morgan fingerprint density at radius 3 is 2.54 bits per heavy atom. The van der Waals surface area contributed by atoms with Crippen molar-refractivity contribution >= 4 is 5.91 Å². The maximum atomic E-state index is 13.2. The van der Waals surface area contributed by atoms with Crippen molar-refractivity contribution < 1.29 is 36.6 Å². The molecule has 2 aromatic rings. The number of aryl methyl sites for hydroxylation is 1. The van der Waals surface area contributed by atoms with Gasteiger partial charge in [-0.15, -0.1) is 0 Å². The molecule has 1 aliphatic carbocycles. The van der Waals surface area contributed by atoms with Crippen LogP contribution in [0.3, 0.4) is 0 Å². The molecular weight excluding hydrogens is 499 g/mol. The van der Waals surface area contributed by atoms with Gasteiger partial charge in [0.1, 0.15) is 5.75 Å². The topological polar surface area (TPSA) is 89.3 Å². The lowest BCUT2D eigenvalue weighted by molar-refractivity contribution is -0.169. The Kier molecular flexibility index (Phi) is 8.81. The Labute approximate surface area is 212 Å². The molecule has 7 nitrogen and oxygen atoms in total. The summed E-state index contributed by atoms with van der Waals surface area (Å²) in [5.41, 5.74) is -0.288. The van der Waals surface area contributed by atoms with Crippen molar-refractivity contribution in [3.8, 4) is 17.0 Å². The van der Waals surface area contributed by atoms with Crippen molar-refractivity contribution in [1.29, 1.82) is 0 Å². The number of alkyl halides is 5. The minimum atomic E-state index is -4.47. The van der Waals surface area contributed by atoms with E-state index < -0.39 is 36.6 Å². The monoisotopic (exact) mass is 532 g/mol. The predicted octanol–water partition coefficient (Wildman–Crippen LogP) is 5.29. The summed E-state index contributed by atoms with van der Waals surface area (Å²) in [6, 6.07) is 1.06. The molecule has 12 heteroatoms. The molecule has 0 radical (unpaired) electrons. The van der Waals surface area contributed by atoms with Crippen LogP contribution in [0, 0.1) is 18.8 Å². The van der Waals surface area contributed by atoms with Gasteiger partial charge in [0.25, 0.3) is 5.91 Å². The average Bonchev–Trinajstić information content (AvgIpc) is 3.15. The first-order chi connectivity index (χ1) is 17.2. The number of carbonyl (C=O) groups is 1. The number of pyridine rings is 1. The molecule has 0 spiro atoms. The Bertz CT molecular complexity index is 1090. The third-order valence-corrected chi connectivity index (χ3v) is 6.95. The number of aliphatic hydroxyl groups is 1. The fraction of sp³-hybridized carbons (Fsp3) is 0.640. The van der Waals surface area contributed by atoms with Crippen molar-refractivity contribution in [1.82, 2.24) is 20.1 Å². The first-order valence-corrected chi connectivity index (χ1v) is 12.3. The van der Waals surface area contributed by atoms with E-state index in [1.54, 1.807) is 13.8 Å². The Hall–Kier alpha value is -2.76. The zero-order chi connectivity index (χ0) is 27.5. The lowest BCUT2D eigenvalue weighted by atomic mass is 9.79. The minimum Gasteiger partial charge on any atom is -0.434 e. The van der Waals surface area contributed by atoms with Gasteiger partial charge in [-0.1, -0.05) is 13.8 Å². The predicted molar refractivity (Wildman–Crippen MR) is 126 cm³/mol. The molecule has 1 saturated carbocycles. The smallest absolute Gasteiger partial charge is 0.391 e. The summed E-state index contributed by atoms with van der Waals surface area (Å²) in [7, 11) is 0. The summed E-state index contributed by atoms with van der Waals surface area (Å²) in [6.07, 6.45) is -0.949. The molecular formula is C25H33F5N4O3. The maximum Gasteiger partial charge on any atom is 0.391 e. The van der Waals surface area contributed by atoms with Crippen molar-refractivity contribution in [2.75, 3.05) is 6.54 Å². The van der Waals surface area contributed by atoms with Crippen LogP contribution in [0.2, 0.25) is 0 Å². The third-order valence-electron chi connectivity index (χ3n) is 6.95. The van der Waals surface area contributed by atoms with Gasteiger partial charge in [-0.25, -0.2) is 0 Å². The van der Waals surface area contributed by atoms with E-state index in [2.05, 4.69) is 27.1 Å². The fourth-order valence-corrected chi connectivity index (χ4v) is 4.53. The van der Waals surface area contributed by atoms with Crippen LogP contribution in [0.1, 0.15) is 68.2 Å². The molecule has 0 unspecified atom stereocenters. The quantitative estimate of drug-likeness (QED) is 0.429. The lowest BCUT2D eigenvalue weighted by Gasteiger charge is -2.34. The Balaban J connectivity index is 1.91. The van der Waals surface area contributed by atoms with Gasteiger partial charge in [0, 0.05) is 43.0 Å². The standard InChI is InChI=1S/C25H33F5N4O3/c1-5-34-21(16(4)20(33-34)22(35)32-13-24(36)8-6-14(2)7-9-24)18-12-31-17(10-15(3)25(28,29)30)11-19(18)37-23(26)27/h11-12,14-15,23,36H,5-10,13H2,1-4H3,(H,32,35)/t14?,15-,24?/m1/s1. The lowest BCUT2D eigenvalue weighted by Crippen LogP contribution is -2.45. The van der Waals surface area contributed by atoms with Crippen LogP contribution in [-0.4, -0.2) is 50.7 Å². The van der Waals surface area contributed by atoms with Gasteiger partial charge in [-0.3, -0.25) is 14.5 Å². The highest BCUT2D eigenvalue weighted by Crippen LogP contribution is 2.36. The second-order valence-electron chi connectivity index (χ2n) is 9.92. The zero-order valence-corrected chi connectivity index (χ0v) is 21.3. The van der Waals surface area contributed by atoms with Crippen LogP contribution in [0.4, 0.5) is 22.0 Å². The van der Waals surface area contributed by atoms with Crippen molar-refractivity contribution in [2.45, 2.75) is 84.7 Å². The molecule has 2 aromatic heterocycles. The number of hydrogen-bond donors (Lipinski definition) is 2. The molecule has 1 aliphatic rings. The van der Waals surface area contributed by atoms with Crippen molar-refractivity contribution in [3.63, 3.8) is 0 Å². The summed E-state index contributed by atoms with van der Waals surface area (Å²) in [4.78, 5) is 17.0. The van der Waals surface area contributed by atoms with Crippen LogP contribution in [0.5, 0.6) is 5.75 Å². The van der Waals surface area contributed by atoms with Crippen molar-refractivity contribution in [2.24, 2.45) is 11.8 Å². The summed E-state index contributed by atoms with van der Waals surface area (Å²) < 4.78 is 71.5. The number of carbonyl (C=O) groups excluding carboxylic acids is 1. The summed E-state index contributed by atoms with van der Waals surface area (Å²) in [5.74, 6) is -2.10. The van der Waals surface area contributed by atoms with Gasteiger partial charge in [0.05, 0.1) is 22.8 Å². The van der Waals surface area contributed by atoms with Crippen LogP contribution in [0.15, 0.2) is 12.3 Å². The number of nitrogens with one attached hydrogen (secondary N) is 1. The molecule has 206 valence electrons. The van der Waals surface area contributed by atoms with Crippen LogP contribution in [-0.2, 0) is 13.0 Å². The van der Waals surface area contributed by atoms with E-state index in [1.807, 2.05) is 0 Å². The number of ether oxygens (including phenoxy) is 1. The number of amides is 1. The molecule has 1 fully saturated rings.